The van der Waals surface area contributed by atoms with Crippen molar-refractivity contribution in [3.63, 3.8) is 0 Å². The van der Waals surface area contributed by atoms with Gasteiger partial charge in [0.2, 0.25) is 0 Å². The van der Waals surface area contributed by atoms with Crippen molar-refractivity contribution < 1.29 is 0 Å². The van der Waals surface area contributed by atoms with Crippen LogP contribution in [0.3, 0.4) is 0 Å². The number of hydrogen-bond donors (Lipinski definition) is 1. The molecule has 1 aromatic heterocycles. The largest absolute Gasteiger partial charge is 0.368 e. The van der Waals surface area contributed by atoms with Gasteiger partial charge in [-0.15, -0.1) is 0 Å². The second-order valence-electron chi connectivity index (χ2n) is 4.70. The lowest BCUT2D eigenvalue weighted by atomic mass is 10.2. The molecule has 1 saturated heterocycles. The van der Waals surface area contributed by atoms with Gasteiger partial charge in [0.25, 0.3) is 0 Å². The number of nitriles is 1. The molecule has 1 aliphatic rings. The van der Waals surface area contributed by atoms with E-state index in [1.165, 1.54) is 19.4 Å². The van der Waals surface area contributed by atoms with Crippen LogP contribution in [0.1, 0.15) is 24.1 Å². The van der Waals surface area contributed by atoms with E-state index in [1.807, 2.05) is 14.0 Å². The molecule has 1 aromatic rings. The number of likely N-dealkylation sites (N-methyl/N-ethyl adjacent to an activating group) is 1. The van der Waals surface area contributed by atoms with Gasteiger partial charge in [0.05, 0.1) is 5.69 Å². The molecule has 1 atom stereocenters. The molecule has 0 amide bonds. The van der Waals surface area contributed by atoms with Crippen molar-refractivity contribution in [1.82, 2.24) is 14.7 Å². The monoisotopic (exact) mass is 233 g/mol. The summed E-state index contributed by atoms with van der Waals surface area (Å²) in [4.78, 5) is 2.36. The summed E-state index contributed by atoms with van der Waals surface area (Å²) < 4.78 is 1.75. The molecule has 0 aromatic carbocycles. The molecule has 0 aliphatic carbocycles. The summed E-state index contributed by atoms with van der Waals surface area (Å²) >= 11 is 0. The lowest BCUT2D eigenvalue weighted by Crippen LogP contribution is -2.32. The fourth-order valence-electron chi connectivity index (χ4n) is 2.45. The third kappa shape index (κ3) is 2.27. The minimum atomic E-state index is 0.566. The Labute approximate surface area is 102 Å². The molecule has 17 heavy (non-hydrogen) atoms. The number of rotatable bonds is 3. The number of aromatic nitrogens is 2. The Morgan fingerprint density at radius 3 is 2.88 bits per heavy atom. The van der Waals surface area contributed by atoms with Gasteiger partial charge in [-0.3, -0.25) is 4.68 Å². The molecule has 1 N–H and O–H groups in total. The molecule has 0 spiro atoms. The van der Waals surface area contributed by atoms with Crippen LogP contribution in [-0.4, -0.2) is 40.9 Å². The Morgan fingerprint density at radius 1 is 1.53 bits per heavy atom. The van der Waals surface area contributed by atoms with Crippen molar-refractivity contribution in [2.24, 2.45) is 7.05 Å². The van der Waals surface area contributed by atoms with Crippen molar-refractivity contribution in [3.8, 4) is 6.07 Å². The SMILES string of the molecule is Cc1nn(C)c(NCC2CCCN2C)c1C#N. The van der Waals surface area contributed by atoms with Gasteiger partial charge >= 0.3 is 0 Å². The normalized spacial score (nSPS) is 20.5. The average Bonchev–Trinajstić information content (AvgIpc) is 2.80. The van der Waals surface area contributed by atoms with E-state index in [0.29, 0.717) is 11.6 Å². The van der Waals surface area contributed by atoms with Gasteiger partial charge in [0.15, 0.2) is 0 Å². The van der Waals surface area contributed by atoms with Crippen molar-refractivity contribution in [3.05, 3.63) is 11.3 Å². The Kier molecular flexibility index (Phi) is 3.34. The van der Waals surface area contributed by atoms with E-state index < -0.39 is 0 Å². The van der Waals surface area contributed by atoms with Crippen molar-refractivity contribution in [1.29, 1.82) is 5.26 Å². The molecular weight excluding hydrogens is 214 g/mol. The highest BCUT2D eigenvalue weighted by Crippen LogP contribution is 2.19. The van der Waals surface area contributed by atoms with Crippen molar-refractivity contribution in [2.75, 3.05) is 25.5 Å². The highest BCUT2D eigenvalue weighted by Gasteiger charge is 2.21. The van der Waals surface area contributed by atoms with E-state index in [4.69, 9.17) is 5.26 Å². The maximum atomic E-state index is 9.10. The zero-order valence-electron chi connectivity index (χ0n) is 10.7. The van der Waals surface area contributed by atoms with Gasteiger partial charge in [0, 0.05) is 19.6 Å². The summed E-state index contributed by atoms with van der Waals surface area (Å²) in [5, 5.41) is 16.7. The predicted molar refractivity (Wildman–Crippen MR) is 66.8 cm³/mol. The minimum absolute atomic E-state index is 0.566. The summed E-state index contributed by atoms with van der Waals surface area (Å²) in [7, 11) is 4.02. The van der Waals surface area contributed by atoms with Crippen molar-refractivity contribution in [2.45, 2.75) is 25.8 Å². The lowest BCUT2D eigenvalue weighted by Gasteiger charge is -2.20. The topological polar surface area (TPSA) is 56.9 Å². The number of likely N-dealkylation sites (tertiary alicyclic amines) is 1. The van der Waals surface area contributed by atoms with Gasteiger partial charge in [-0.05, 0) is 33.4 Å². The average molecular weight is 233 g/mol. The van der Waals surface area contributed by atoms with Gasteiger partial charge in [-0.1, -0.05) is 0 Å². The lowest BCUT2D eigenvalue weighted by molar-refractivity contribution is 0.322. The maximum Gasteiger partial charge on any atom is 0.142 e. The van der Waals surface area contributed by atoms with Crippen molar-refractivity contribution >= 4 is 5.82 Å². The second-order valence-corrected chi connectivity index (χ2v) is 4.70. The Balaban J connectivity index is 2.06. The zero-order chi connectivity index (χ0) is 12.4. The molecule has 1 unspecified atom stereocenters. The van der Waals surface area contributed by atoms with Gasteiger partial charge in [0.1, 0.15) is 17.5 Å². The molecule has 0 bridgehead atoms. The number of nitrogens with one attached hydrogen (secondary N) is 1. The number of hydrogen-bond acceptors (Lipinski definition) is 4. The Morgan fingerprint density at radius 2 is 2.29 bits per heavy atom. The maximum absolute atomic E-state index is 9.10. The standard InChI is InChI=1S/C12H19N5/c1-9-11(7-13)12(17(3)15-9)14-8-10-5-4-6-16(10)2/h10,14H,4-6,8H2,1-3H3. The molecule has 5 heteroatoms. The van der Waals surface area contributed by atoms with Crippen LogP contribution in [0.25, 0.3) is 0 Å². The molecule has 92 valence electrons. The molecule has 2 rings (SSSR count). The van der Waals surface area contributed by atoms with Crippen LogP contribution in [0.15, 0.2) is 0 Å². The van der Waals surface area contributed by atoms with E-state index >= 15 is 0 Å². The summed E-state index contributed by atoms with van der Waals surface area (Å²) in [6.45, 7) is 3.91. The second kappa shape index (κ2) is 4.76. The van der Waals surface area contributed by atoms with E-state index in [0.717, 1.165) is 18.1 Å². The molecule has 5 nitrogen and oxygen atoms in total. The number of anilines is 1. The smallest absolute Gasteiger partial charge is 0.142 e. The van der Waals surface area contributed by atoms with Crippen LogP contribution in [0.4, 0.5) is 5.82 Å². The predicted octanol–water partition coefficient (Wildman–Crippen LogP) is 1.11. The molecule has 0 radical (unpaired) electrons. The quantitative estimate of drug-likeness (QED) is 0.849. The van der Waals surface area contributed by atoms with Crippen LogP contribution < -0.4 is 5.32 Å². The van der Waals surface area contributed by atoms with Gasteiger partial charge in [-0.25, -0.2) is 0 Å². The van der Waals surface area contributed by atoms with Crippen LogP contribution in [0, 0.1) is 18.3 Å². The fraction of sp³-hybridized carbons (Fsp3) is 0.667. The van der Waals surface area contributed by atoms with Gasteiger partial charge < -0.3 is 10.2 Å². The van der Waals surface area contributed by atoms with E-state index in [9.17, 15) is 0 Å². The van der Waals surface area contributed by atoms with Crippen LogP contribution in [0.5, 0.6) is 0 Å². The summed E-state index contributed by atoms with van der Waals surface area (Å²) in [5.41, 5.74) is 1.45. The van der Waals surface area contributed by atoms with E-state index in [1.54, 1.807) is 4.68 Å². The third-order valence-corrected chi connectivity index (χ3v) is 3.51. The molecule has 1 aliphatic heterocycles. The number of nitrogens with zero attached hydrogens (tertiary/aromatic N) is 4. The Hall–Kier alpha value is -1.54. The highest BCUT2D eigenvalue weighted by atomic mass is 15.3. The first-order valence-corrected chi connectivity index (χ1v) is 6.01. The molecule has 0 saturated carbocycles. The summed E-state index contributed by atoms with van der Waals surface area (Å²) in [6.07, 6.45) is 2.49. The molecule has 1 fully saturated rings. The van der Waals surface area contributed by atoms with Gasteiger partial charge in [-0.2, -0.15) is 10.4 Å². The summed E-state index contributed by atoms with van der Waals surface area (Å²) in [6, 6.07) is 2.78. The highest BCUT2D eigenvalue weighted by molar-refractivity contribution is 5.55. The fourth-order valence-corrected chi connectivity index (χ4v) is 2.45. The van der Waals surface area contributed by atoms with E-state index in [-0.39, 0.29) is 0 Å². The molecular formula is C12H19N5. The first-order chi connectivity index (χ1) is 8.13. The third-order valence-electron chi connectivity index (χ3n) is 3.51. The Bertz CT molecular complexity index is 442. The molecule has 2 heterocycles. The minimum Gasteiger partial charge on any atom is -0.368 e. The first kappa shape index (κ1) is 11.9. The number of aryl methyl sites for hydroxylation is 2. The van der Waals surface area contributed by atoms with Crippen LogP contribution in [-0.2, 0) is 7.05 Å². The van der Waals surface area contributed by atoms with Crippen LogP contribution >= 0.6 is 0 Å². The zero-order valence-corrected chi connectivity index (χ0v) is 10.7. The summed E-state index contributed by atoms with van der Waals surface area (Å²) in [5.74, 6) is 0.838. The van der Waals surface area contributed by atoms with E-state index in [2.05, 4.69) is 28.4 Å². The van der Waals surface area contributed by atoms with Crippen LogP contribution in [0.2, 0.25) is 0 Å². The first-order valence-electron chi connectivity index (χ1n) is 6.01.